The van der Waals surface area contributed by atoms with Crippen LogP contribution in [0.5, 0.6) is 0 Å². The van der Waals surface area contributed by atoms with E-state index in [-0.39, 0.29) is 11.2 Å². The molecule has 0 aliphatic carbocycles. The summed E-state index contributed by atoms with van der Waals surface area (Å²) in [4.78, 5) is 11.6. The lowest BCUT2D eigenvalue weighted by Crippen LogP contribution is -2.07. The number of unbranched alkanes of at least 4 members (excludes halogenated alkanes) is 7. The van der Waals surface area contributed by atoms with Gasteiger partial charge in [-0.2, -0.15) is 0 Å². The standard InChI is InChI=1S/C18H34O/c1-5-6-7-8-9-10-11-12-13-14-17(19)15-16-18(2,3)4/h13-14H,5-12,15-16H2,1-4H3. The van der Waals surface area contributed by atoms with Gasteiger partial charge >= 0.3 is 0 Å². The monoisotopic (exact) mass is 266 g/mol. The molecular formula is C18H34O. The van der Waals surface area contributed by atoms with Gasteiger partial charge in [0.1, 0.15) is 0 Å². The topological polar surface area (TPSA) is 17.1 Å². The smallest absolute Gasteiger partial charge is 0.155 e. The van der Waals surface area contributed by atoms with Gasteiger partial charge in [0.05, 0.1) is 0 Å². The maximum atomic E-state index is 11.6. The molecule has 0 saturated heterocycles. The van der Waals surface area contributed by atoms with E-state index in [0.29, 0.717) is 6.42 Å². The molecular weight excluding hydrogens is 232 g/mol. The van der Waals surface area contributed by atoms with Crippen molar-refractivity contribution in [3.8, 4) is 0 Å². The Balaban J connectivity index is 3.40. The van der Waals surface area contributed by atoms with Gasteiger partial charge in [0.25, 0.3) is 0 Å². The summed E-state index contributed by atoms with van der Waals surface area (Å²) in [6.07, 6.45) is 16.0. The molecule has 0 atom stereocenters. The molecule has 0 spiro atoms. The molecule has 0 fully saturated rings. The zero-order valence-corrected chi connectivity index (χ0v) is 13.6. The van der Waals surface area contributed by atoms with Gasteiger partial charge in [-0.15, -0.1) is 0 Å². The molecule has 0 radical (unpaired) electrons. The van der Waals surface area contributed by atoms with Gasteiger partial charge < -0.3 is 0 Å². The Morgan fingerprint density at radius 2 is 1.53 bits per heavy atom. The van der Waals surface area contributed by atoms with Crippen LogP contribution in [-0.4, -0.2) is 5.78 Å². The zero-order chi connectivity index (χ0) is 14.6. The molecule has 19 heavy (non-hydrogen) atoms. The molecule has 1 nitrogen and oxygen atoms in total. The maximum Gasteiger partial charge on any atom is 0.155 e. The molecule has 0 aromatic rings. The fourth-order valence-electron chi connectivity index (χ4n) is 2.02. The summed E-state index contributed by atoms with van der Waals surface area (Å²) < 4.78 is 0. The quantitative estimate of drug-likeness (QED) is 0.327. The minimum absolute atomic E-state index is 0.266. The first-order valence-electron chi connectivity index (χ1n) is 8.15. The third kappa shape index (κ3) is 15.4. The van der Waals surface area contributed by atoms with E-state index in [2.05, 4.69) is 33.8 Å². The van der Waals surface area contributed by atoms with Gasteiger partial charge in [-0.05, 0) is 30.8 Å². The normalized spacial score (nSPS) is 12.2. The Labute approximate surface area is 120 Å². The van der Waals surface area contributed by atoms with Crippen LogP contribution in [0.2, 0.25) is 0 Å². The highest BCUT2D eigenvalue weighted by Crippen LogP contribution is 2.20. The van der Waals surface area contributed by atoms with E-state index in [1.54, 1.807) is 6.08 Å². The summed E-state index contributed by atoms with van der Waals surface area (Å²) in [6.45, 7) is 8.80. The van der Waals surface area contributed by atoms with E-state index in [1.165, 1.54) is 44.9 Å². The number of rotatable bonds is 11. The summed E-state index contributed by atoms with van der Waals surface area (Å²) in [5.41, 5.74) is 0.266. The summed E-state index contributed by atoms with van der Waals surface area (Å²) in [5.74, 6) is 0.290. The van der Waals surface area contributed by atoms with Crippen molar-refractivity contribution in [3.63, 3.8) is 0 Å². The Morgan fingerprint density at radius 3 is 2.11 bits per heavy atom. The summed E-state index contributed by atoms with van der Waals surface area (Å²) in [5, 5.41) is 0. The van der Waals surface area contributed by atoms with Gasteiger partial charge in [0, 0.05) is 6.42 Å². The summed E-state index contributed by atoms with van der Waals surface area (Å²) >= 11 is 0. The molecule has 1 heteroatoms. The minimum Gasteiger partial charge on any atom is -0.295 e. The van der Waals surface area contributed by atoms with Crippen molar-refractivity contribution in [2.45, 2.75) is 91.9 Å². The predicted molar refractivity (Wildman–Crippen MR) is 85.4 cm³/mol. The lowest BCUT2D eigenvalue weighted by Gasteiger charge is -2.16. The molecule has 0 amide bonds. The fourth-order valence-corrected chi connectivity index (χ4v) is 2.02. The Bertz CT molecular complexity index is 245. The van der Waals surface area contributed by atoms with Crippen molar-refractivity contribution < 1.29 is 4.79 Å². The van der Waals surface area contributed by atoms with Crippen molar-refractivity contribution in [3.05, 3.63) is 12.2 Å². The van der Waals surface area contributed by atoms with Crippen LogP contribution in [0.1, 0.15) is 91.9 Å². The van der Waals surface area contributed by atoms with E-state index in [9.17, 15) is 4.79 Å². The molecule has 0 aromatic heterocycles. The first-order chi connectivity index (χ1) is 8.95. The Kier molecular flexibility index (Phi) is 10.9. The number of hydrogen-bond acceptors (Lipinski definition) is 1. The number of hydrogen-bond donors (Lipinski definition) is 0. The molecule has 0 aromatic carbocycles. The van der Waals surface area contributed by atoms with Crippen molar-refractivity contribution >= 4 is 5.78 Å². The van der Waals surface area contributed by atoms with Crippen LogP contribution in [0.4, 0.5) is 0 Å². The van der Waals surface area contributed by atoms with E-state index in [0.717, 1.165) is 12.8 Å². The first kappa shape index (κ1) is 18.4. The van der Waals surface area contributed by atoms with Gasteiger partial charge in [0.2, 0.25) is 0 Å². The van der Waals surface area contributed by atoms with Crippen LogP contribution in [0.3, 0.4) is 0 Å². The fraction of sp³-hybridized carbons (Fsp3) is 0.833. The highest BCUT2D eigenvalue weighted by molar-refractivity contribution is 5.89. The van der Waals surface area contributed by atoms with Crippen LogP contribution >= 0.6 is 0 Å². The minimum atomic E-state index is 0.266. The lowest BCUT2D eigenvalue weighted by atomic mass is 9.89. The van der Waals surface area contributed by atoms with Crippen molar-refractivity contribution in [2.24, 2.45) is 5.41 Å². The largest absolute Gasteiger partial charge is 0.295 e. The van der Waals surface area contributed by atoms with Crippen LogP contribution in [0.25, 0.3) is 0 Å². The summed E-state index contributed by atoms with van der Waals surface area (Å²) in [6, 6.07) is 0. The third-order valence-corrected chi connectivity index (χ3v) is 3.40. The predicted octanol–water partition coefficient (Wildman–Crippen LogP) is 6.08. The van der Waals surface area contributed by atoms with Crippen LogP contribution in [-0.2, 0) is 4.79 Å². The molecule has 0 saturated carbocycles. The Hall–Kier alpha value is -0.590. The average molecular weight is 266 g/mol. The van der Waals surface area contributed by atoms with E-state index < -0.39 is 0 Å². The van der Waals surface area contributed by atoms with Gasteiger partial charge in [-0.1, -0.05) is 72.3 Å². The van der Waals surface area contributed by atoms with Crippen LogP contribution in [0.15, 0.2) is 12.2 Å². The maximum absolute atomic E-state index is 11.6. The SMILES string of the molecule is CCCCCCCCCC=CC(=O)CCC(C)(C)C. The second-order valence-corrected chi connectivity index (χ2v) is 6.84. The number of carbonyl (C=O) groups excluding carboxylic acids is 1. The molecule has 112 valence electrons. The summed E-state index contributed by atoms with van der Waals surface area (Å²) in [7, 11) is 0. The molecule has 0 unspecified atom stereocenters. The second kappa shape index (κ2) is 11.3. The van der Waals surface area contributed by atoms with Crippen molar-refractivity contribution in [1.82, 2.24) is 0 Å². The molecule has 0 heterocycles. The van der Waals surface area contributed by atoms with Crippen molar-refractivity contribution in [1.29, 1.82) is 0 Å². The number of allylic oxidation sites excluding steroid dienone is 2. The van der Waals surface area contributed by atoms with Gasteiger partial charge in [-0.25, -0.2) is 0 Å². The van der Waals surface area contributed by atoms with Gasteiger partial charge in [0.15, 0.2) is 5.78 Å². The van der Waals surface area contributed by atoms with Gasteiger partial charge in [-0.3, -0.25) is 4.79 Å². The second-order valence-electron chi connectivity index (χ2n) is 6.84. The van der Waals surface area contributed by atoms with Crippen LogP contribution < -0.4 is 0 Å². The molecule has 0 aliphatic rings. The molecule has 0 aliphatic heterocycles. The Morgan fingerprint density at radius 1 is 0.947 bits per heavy atom. The van der Waals surface area contributed by atoms with Crippen molar-refractivity contribution in [2.75, 3.05) is 0 Å². The highest BCUT2D eigenvalue weighted by Gasteiger charge is 2.11. The lowest BCUT2D eigenvalue weighted by molar-refractivity contribution is -0.115. The molecule has 0 N–H and O–H groups in total. The average Bonchev–Trinajstić information content (AvgIpc) is 2.33. The third-order valence-electron chi connectivity index (χ3n) is 3.40. The number of ketones is 1. The number of carbonyl (C=O) groups is 1. The van der Waals surface area contributed by atoms with Crippen LogP contribution in [0, 0.1) is 5.41 Å². The molecule has 0 rings (SSSR count). The first-order valence-corrected chi connectivity index (χ1v) is 8.15. The highest BCUT2D eigenvalue weighted by atomic mass is 16.1. The van der Waals surface area contributed by atoms with E-state index >= 15 is 0 Å². The van der Waals surface area contributed by atoms with E-state index in [1.807, 2.05) is 0 Å². The van der Waals surface area contributed by atoms with E-state index in [4.69, 9.17) is 0 Å². The molecule has 0 bridgehead atoms. The zero-order valence-electron chi connectivity index (χ0n) is 13.6.